The predicted molar refractivity (Wildman–Crippen MR) is 171 cm³/mol. The maximum atomic E-state index is 12.8. The zero-order valence-electron chi connectivity index (χ0n) is 24.7. The van der Waals surface area contributed by atoms with Gasteiger partial charge in [0.2, 0.25) is 0 Å². The number of ether oxygens (including phenoxy) is 1. The molecule has 224 valence electrons. The van der Waals surface area contributed by atoms with Gasteiger partial charge < -0.3 is 15.2 Å². The van der Waals surface area contributed by atoms with Gasteiger partial charge in [0.05, 0.1) is 11.5 Å². The fourth-order valence-corrected chi connectivity index (χ4v) is 6.48. The van der Waals surface area contributed by atoms with Crippen molar-refractivity contribution in [1.82, 2.24) is 15.3 Å². The van der Waals surface area contributed by atoms with E-state index in [9.17, 15) is 14.7 Å². The molecule has 7 nitrogen and oxygen atoms in total. The highest BCUT2D eigenvalue weighted by Crippen LogP contribution is 2.30. The van der Waals surface area contributed by atoms with E-state index in [1.54, 1.807) is 12.4 Å². The molecule has 1 atom stereocenters. The van der Waals surface area contributed by atoms with Crippen LogP contribution in [0.3, 0.4) is 0 Å². The van der Waals surface area contributed by atoms with Crippen LogP contribution in [-0.2, 0) is 24.1 Å². The van der Waals surface area contributed by atoms with Gasteiger partial charge in [0, 0.05) is 34.8 Å². The second-order valence-electron chi connectivity index (χ2n) is 11.1. The van der Waals surface area contributed by atoms with E-state index in [0.29, 0.717) is 10.7 Å². The number of unbranched alkanes of at least 4 members (excludes halogenated alkanes) is 4. The molecule has 2 N–H and O–H groups in total. The highest BCUT2D eigenvalue weighted by Gasteiger charge is 2.24. The quantitative estimate of drug-likeness (QED) is 0.146. The molecule has 1 amide bonds. The fraction of sp³-hybridized carbons (Fsp3) is 0.371. The Morgan fingerprint density at radius 1 is 0.907 bits per heavy atom. The van der Waals surface area contributed by atoms with Crippen molar-refractivity contribution in [2.45, 2.75) is 77.2 Å². The minimum absolute atomic E-state index is 0.185. The standard InChI is InChI=1S/C35H39N3O4S/c1-2-3-4-5-8-19-42-29-17-15-25(16-18-29)28-22-36-33(37-23-28)26-13-11-24(12-14-26)20-30(35(40)41)38-34(39)32-21-27-9-6-7-10-31(27)43-32/h11-18,21-23,30H,2-10,19-20H2,1H3,(H,38,39)(H,40,41). The number of fused-ring (bicyclic) bond motifs is 1. The van der Waals surface area contributed by atoms with Gasteiger partial charge in [-0.1, -0.05) is 69.0 Å². The van der Waals surface area contributed by atoms with E-state index in [0.717, 1.165) is 66.7 Å². The van der Waals surface area contributed by atoms with E-state index in [-0.39, 0.29) is 12.3 Å². The summed E-state index contributed by atoms with van der Waals surface area (Å²) in [5.74, 6) is 0.0754. The number of nitrogens with one attached hydrogen (secondary N) is 1. The number of hydrogen-bond donors (Lipinski definition) is 2. The van der Waals surface area contributed by atoms with Crippen molar-refractivity contribution < 1.29 is 19.4 Å². The van der Waals surface area contributed by atoms with Crippen LogP contribution in [0, 0.1) is 0 Å². The third-order valence-corrected chi connectivity index (χ3v) is 9.07. The molecule has 2 aromatic carbocycles. The van der Waals surface area contributed by atoms with Crippen LogP contribution in [-0.4, -0.2) is 39.6 Å². The lowest BCUT2D eigenvalue weighted by Crippen LogP contribution is -2.42. The van der Waals surface area contributed by atoms with Gasteiger partial charge in [-0.25, -0.2) is 14.8 Å². The first kappa shape index (κ1) is 30.4. The first-order chi connectivity index (χ1) is 21.0. The Kier molecular flexibility index (Phi) is 10.6. The van der Waals surface area contributed by atoms with E-state index < -0.39 is 12.0 Å². The minimum Gasteiger partial charge on any atom is -0.494 e. The molecule has 1 aliphatic carbocycles. The van der Waals surface area contributed by atoms with Gasteiger partial charge in [-0.15, -0.1) is 11.3 Å². The van der Waals surface area contributed by atoms with E-state index in [1.165, 1.54) is 47.5 Å². The number of aliphatic carboxylic acids is 1. The van der Waals surface area contributed by atoms with Gasteiger partial charge in [0.25, 0.3) is 5.91 Å². The minimum atomic E-state index is -1.06. The third-order valence-electron chi connectivity index (χ3n) is 7.83. The maximum Gasteiger partial charge on any atom is 0.326 e. The second-order valence-corrected chi connectivity index (χ2v) is 12.3. The largest absolute Gasteiger partial charge is 0.494 e. The van der Waals surface area contributed by atoms with Gasteiger partial charge in [0.1, 0.15) is 11.8 Å². The third kappa shape index (κ3) is 8.29. The first-order valence-corrected chi connectivity index (χ1v) is 16.1. The molecule has 1 aliphatic rings. The van der Waals surface area contributed by atoms with Gasteiger partial charge >= 0.3 is 5.97 Å². The average Bonchev–Trinajstić information content (AvgIpc) is 3.48. The number of carboxylic acid groups (broad SMARTS) is 1. The smallest absolute Gasteiger partial charge is 0.326 e. The highest BCUT2D eigenvalue weighted by atomic mass is 32.1. The molecule has 0 aliphatic heterocycles. The Morgan fingerprint density at radius 2 is 1.60 bits per heavy atom. The van der Waals surface area contributed by atoms with Crippen LogP contribution in [0.15, 0.2) is 67.0 Å². The van der Waals surface area contributed by atoms with Crippen LogP contribution in [0.1, 0.15) is 77.5 Å². The number of nitrogens with zero attached hydrogens (tertiary/aromatic N) is 2. The van der Waals surface area contributed by atoms with Crippen molar-refractivity contribution in [2.75, 3.05) is 6.61 Å². The molecule has 4 aromatic rings. The van der Waals surface area contributed by atoms with Crippen LogP contribution in [0.5, 0.6) is 5.75 Å². The Morgan fingerprint density at radius 3 is 2.30 bits per heavy atom. The number of carbonyl (C=O) groups is 2. The molecule has 2 heterocycles. The first-order valence-electron chi connectivity index (χ1n) is 15.3. The Bertz CT molecular complexity index is 1470. The van der Waals surface area contributed by atoms with Crippen molar-refractivity contribution in [3.63, 3.8) is 0 Å². The lowest BCUT2D eigenvalue weighted by atomic mass is 9.99. The zero-order valence-corrected chi connectivity index (χ0v) is 25.5. The lowest BCUT2D eigenvalue weighted by molar-refractivity contribution is -0.139. The fourth-order valence-electron chi connectivity index (χ4n) is 5.32. The summed E-state index contributed by atoms with van der Waals surface area (Å²) < 4.78 is 5.87. The van der Waals surface area contributed by atoms with Gasteiger partial charge in [-0.2, -0.15) is 0 Å². The summed E-state index contributed by atoms with van der Waals surface area (Å²) in [5, 5.41) is 12.5. The summed E-state index contributed by atoms with van der Waals surface area (Å²) in [6, 6.07) is 16.4. The van der Waals surface area contributed by atoms with E-state index in [2.05, 4.69) is 22.2 Å². The van der Waals surface area contributed by atoms with E-state index in [4.69, 9.17) is 4.74 Å². The van der Waals surface area contributed by atoms with Gasteiger partial charge in [0.15, 0.2) is 5.82 Å². The molecule has 0 bridgehead atoms. The van der Waals surface area contributed by atoms with Crippen LogP contribution >= 0.6 is 11.3 Å². The van der Waals surface area contributed by atoms with Crippen molar-refractivity contribution >= 4 is 23.2 Å². The number of carbonyl (C=O) groups excluding carboxylic acids is 1. The SMILES string of the molecule is CCCCCCCOc1ccc(-c2cnc(-c3ccc(CC(NC(=O)c4cc5c(s4)CCCC5)C(=O)O)cc3)nc2)cc1. The number of amides is 1. The number of aryl methyl sites for hydroxylation is 2. The topological polar surface area (TPSA) is 101 Å². The summed E-state index contributed by atoms with van der Waals surface area (Å²) in [5.41, 5.74) is 4.80. The summed E-state index contributed by atoms with van der Waals surface area (Å²) in [4.78, 5) is 35.8. The molecule has 0 radical (unpaired) electrons. The summed E-state index contributed by atoms with van der Waals surface area (Å²) >= 11 is 1.48. The maximum absolute atomic E-state index is 12.8. The van der Waals surface area contributed by atoms with Crippen LogP contribution in [0.25, 0.3) is 22.5 Å². The summed E-state index contributed by atoms with van der Waals surface area (Å²) in [7, 11) is 0. The monoisotopic (exact) mass is 597 g/mol. The van der Waals surface area contributed by atoms with E-state index >= 15 is 0 Å². The van der Waals surface area contributed by atoms with Crippen LogP contribution in [0.4, 0.5) is 0 Å². The summed E-state index contributed by atoms with van der Waals surface area (Å²) in [6.07, 6.45) is 14.1. The second kappa shape index (κ2) is 14.9. The Hall–Kier alpha value is -4.04. The average molecular weight is 598 g/mol. The number of hydrogen-bond acceptors (Lipinski definition) is 6. The Labute approximate surface area is 257 Å². The highest BCUT2D eigenvalue weighted by molar-refractivity contribution is 7.14. The number of carboxylic acids is 1. The van der Waals surface area contributed by atoms with Crippen molar-refractivity contribution in [2.24, 2.45) is 0 Å². The summed E-state index contributed by atoms with van der Waals surface area (Å²) in [6.45, 7) is 2.96. The van der Waals surface area contributed by atoms with E-state index in [1.807, 2.05) is 54.6 Å². The number of aromatic nitrogens is 2. The molecule has 43 heavy (non-hydrogen) atoms. The van der Waals surface area contributed by atoms with Crippen LogP contribution in [0.2, 0.25) is 0 Å². The molecule has 0 fully saturated rings. The molecule has 0 spiro atoms. The molecule has 0 saturated carbocycles. The van der Waals surface area contributed by atoms with Crippen molar-refractivity contribution in [3.8, 4) is 28.3 Å². The number of thiophene rings is 1. The molecular formula is C35H39N3O4S. The molecule has 8 heteroatoms. The zero-order chi connectivity index (χ0) is 30.0. The lowest BCUT2D eigenvalue weighted by Gasteiger charge is -2.14. The normalized spacial score (nSPS) is 13.2. The number of rotatable bonds is 14. The van der Waals surface area contributed by atoms with Crippen molar-refractivity contribution in [1.29, 1.82) is 0 Å². The van der Waals surface area contributed by atoms with Gasteiger partial charge in [-0.3, -0.25) is 4.79 Å². The molecule has 0 saturated heterocycles. The molecule has 1 unspecified atom stereocenters. The van der Waals surface area contributed by atoms with Gasteiger partial charge in [-0.05, 0) is 67.0 Å². The number of benzene rings is 2. The van der Waals surface area contributed by atoms with Crippen LogP contribution < -0.4 is 10.1 Å². The molecule has 5 rings (SSSR count). The molecule has 2 aromatic heterocycles. The predicted octanol–water partition coefficient (Wildman–Crippen LogP) is 7.53. The van der Waals surface area contributed by atoms with Crippen molar-refractivity contribution in [3.05, 3.63) is 87.9 Å². The molecular weight excluding hydrogens is 558 g/mol. The Balaban J connectivity index is 1.15.